The number of para-hydroxylation sites is 2. The van der Waals surface area contributed by atoms with E-state index in [9.17, 15) is 0 Å². The summed E-state index contributed by atoms with van der Waals surface area (Å²) in [6.45, 7) is 0. The standard InChI is InChI=1S/C48H28N6O2/c1-4-13-29(14-5-1)43-49-44(30-15-6-2-7-16-30)51-46(50-43)33-24-26-41-38(28-33)35-20-12-21-36(42(35)56-41)48-53-45(31-17-8-3-9-18-31)52-47(54-48)32-23-25-40-37(27-32)34-19-10-11-22-39(34)55-40/h1-28H. The fourth-order valence-corrected chi connectivity index (χ4v) is 7.26. The SMILES string of the molecule is c1ccc(-c2nc(-c3ccccc3)nc(-c3ccc4oc5c(-c6nc(-c7ccccc7)nc(-c7ccc8oc9ccccc9c8c7)n6)cccc5c4c3)n2)cc1. The summed E-state index contributed by atoms with van der Waals surface area (Å²) in [6.07, 6.45) is 0. The molecule has 0 aliphatic rings. The molecule has 0 spiro atoms. The zero-order chi connectivity index (χ0) is 37.0. The van der Waals surface area contributed by atoms with Crippen molar-refractivity contribution < 1.29 is 8.83 Å². The van der Waals surface area contributed by atoms with Gasteiger partial charge in [-0.05, 0) is 48.5 Å². The zero-order valence-electron chi connectivity index (χ0n) is 29.7. The van der Waals surface area contributed by atoms with Gasteiger partial charge in [0.2, 0.25) is 0 Å². The molecule has 0 N–H and O–H groups in total. The van der Waals surface area contributed by atoms with Crippen molar-refractivity contribution in [3.05, 3.63) is 170 Å². The lowest BCUT2D eigenvalue weighted by Gasteiger charge is -2.09. The number of benzene rings is 7. The van der Waals surface area contributed by atoms with E-state index in [0.717, 1.165) is 71.7 Å². The van der Waals surface area contributed by atoms with Crippen LogP contribution in [0.25, 0.3) is 112 Å². The van der Waals surface area contributed by atoms with Crippen molar-refractivity contribution in [2.24, 2.45) is 0 Å². The Balaban J connectivity index is 1.07. The van der Waals surface area contributed by atoms with Crippen molar-refractivity contribution in [3.63, 3.8) is 0 Å². The maximum Gasteiger partial charge on any atom is 0.167 e. The lowest BCUT2D eigenvalue weighted by atomic mass is 10.1. The largest absolute Gasteiger partial charge is 0.456 e. The van der Waals surface area contributed by atoms with E-state index in [1.807, 2.05) is 146 Å². The fraction of sp³-hybridized carbons (Fsp3) is 0. The summed E-state index contributed by atoms with van der Waals surface area (Å²) < 4.78 is 12.8. The van der Waals surface area contributed by atoms with Crippen molar-refractivity contribution in [1.82, 2.24) is 29.9 Å². The van der Waals surface area contributed by atoms with Crippen molar-refractivity contribution in [2.75, 3.05) is 0 Å². The molecule has 262 valence electrons. The molecule has 0 aliphatic heterocycles. The van der Waals surface area contributed by atoms with E-state index in [1.54, 1.807) is 0 Å². The number of hydrogen-bond donors (Lipinski definition) is 0. The molecule has 0 saturated heterocycles. The molecule has 0 bridgehead atoms. The van der Waals surface area contributed by atoms with E-state index in [1.165, 1.54) is 0 Å². The van der Waals surface area contributed by atoms with Crippen molar-refractivity contribution in [2.45, 2.75) is 0 Å². The molecule has 0 radical (unpaired) electrons. The molecule has 0 fully saturated rings. The molecule has 11 aromatic rings. The minimum absolute atomic E-state index is 0.508. The van der Waals surface area contributed by atoms with E-state index < -0.39 is 0 Å². The second kappa shape index (κ2) is 12.9. The highest BCUT2D eigenvalue weighted by atomic mass is 16.3. The average molecular weight is 721 g/mol. The van der Waals surface area contributed by atoms with E-state index in [0.29, 0.717) is 40.5 Å². The molecule has 8 heteroatoms. The summed E-state index contributed by atoms with van der Waals surface area (Å²) in [5.41, 5.74) is 8.23. The second-order valence-corrected chi connectivity index (χ2v) is 13.5. The van der Waals surface area contributed by atoms with Crippen LogP contribution >= 0.6 is 0 Å². The van der Waals surface area contributed by atoms with Gasteiger partial charge in [0, 0.05) is 49.4 Å². The monoisotopic (exact) mass is 720 g/mol. The summed E-state index contributed by atoms with van der Waals surface area (Å²) in [4.78, 5) is 29.9. The smallest absolute Gasteiger partial charge is 0.167 e. The number of furan rings is 2. The van der Waals surface area contributed by atoms with E-state index in [2.05, 4.69) is 24.3 Å². The Morgan fingerprint density at radius 3 is 1.23 bits per heavy atom. The number of rotatable bonds is 6. The highest BCUT2D eigenvalue weighted by Gasteiger charge is 2.20. The van der Waals surface area contributed by atoms with Crippen molar-refractivity contribution in [3.8, 4) is 68.3 Å². The van der Waals surface area contributed by atoms with Gasteiger partial charge in [0.05, 0.1) is 5.56 Å². The lowest BCUT2D eigenvalue weighted by Crippen LogP contribution is -2.00. The predicted molar refractivity (Wildman–Crippen MR) is 220 cm³/mol. The summed E-state index contributed by atoms with van der Waals surface area (Å²) in [6, 6.07) is 56.1. The fourth-order valence-electron chi connectivity index (χ4n) is 7.26. The molecule has 4 heterocycles. The molecule has 0 atom stereocenters. The summed E-state index contributed by atoms with van der Waals surface area (Å²) in [7, 11) is 0. The summed E-state index contributed by atoms with van der Waals surface area (Å²) in [5.74, 6) is 3.41. The van der Waals surface area contributed by atoms with Crippen LogP contribution in [-0.2, 0) is 0 Å². The van der Waals surface area contributed by atoms with Crippen LogP contribution in [0, 0.1) is 0 Å². The Hall–Kier alpha value is -7.84. The van der Waals surface area contributed by atoms with E-state index in [-0.39, 0.29) is 0 Å². The number of nitrogens with zero attached hydrogens (tertiary/aromatic N) is 6. The normalized spacial score (nSPS) is 11.6. The molecule has 7 aromatic carbocycles. The van der Waals surface area contributed by atoms with Gasteiger partial charge in [-0.15, -0.1) is 0 Å². The van der Waals surface area contributed by atoms with Crippen LogP contribution in [-0.4, -0.2) is 29.9 Å². The molecule has 0 saturated carbocycles. The van der Waals surface area contributed by atoms with Crippen LogP contribution in [0.15, 0.2) is 179 Å². The van der Waals surface area contributed by atoms with Crippen LogP contribution in [0.3, 0.4) is 0 Å². The first-order valence-electron chi connectivity index (χ1n) is 18.3. The molecule has 0 amide bonds. The van der Waals surface area contributed by atoms with Gasteiger partial charge in [0.25, 0.3) is 0 Å². The molecular formula is C48H28N6O2. The maximum absolute atomic E-state index is 6.64. The Kier molecular flexibility index (Phi) is 7.31. The van der Waals surface area contributed by atoms with E-state index >= 15 is 0 Å². The number of fused-ring (bicyclic) bond motifs is 6. The Bertz CT molecular complexity index is 3190. The quantitative estimate of drug-likeness (QED) is 0.167. The van der Waals surface area contributed by atoms with Gasteiger partial charge in [-0.25, -0.2) is 29.9 Å². The first-order chi connectivity index (χ1) is 27.7. The first-order valence-corrected chi connectivity index (χ1v) is 18.3. The third-order valence-corrected chi connectivity index (χ3v) is 10.00. The number of aromatic nitrogens is 6. The van der Waals surface area contributed by atoms with Crippen LogP contribution < -0.4 is 0 Å². The van der Waals surface area contributed by atoms with E-state index in [4.69, 9.17) is 38.7 Å². The van der Waals surface area contributed by atoms with Crippen LogP contribution in [0.5, 0.6) is 0 Å². The first kappa shape index (κ1) is 31.7. The van der Waals surface area contributed by atoms with Gasteiger partial charge in [-0.1, -0.05) is 121 Å². The van der Waals surface area contributed by atoms with Gasteiger partial charge in [0.15, 0.2) is 34.9 Å². The lowest BCUT2D eigenvalue weighted by molar-refractivity contribution is 0.669. The van der Waals surface area contributed by atoms with Crippen LogP contribution in [0.2, 0.25) is 0 Å². The second-order valence-electron chi connectivity index (χ2n) is 13.5. The van der Waals surface area contributed by atoms with Crippen molar-refractivity contribution >= 4 is 43.9 Å². The summed E-state index contributed by atoms with van der Waals surface area (Å²) >= 11 is 0. The topological polar surface area (TPSA) is 104 Å². The van der Waals surface area contributed by atoms with Gasteiger partial charge >= 0.3 is 0 Å². The predicted octanol–water partition coefficient (Wildman–Crippen LogP) is 11.9. The highest BCUT2D eigenvalue weighted by molar-refractivity contribution is 6.10. The van der Waals surface area contributed by atoms with Crippen molar-refractivity contribution in [1.29, 1.82) is 0 Å². The molecule has 0 aliphatic carbocycles. The minimum atomic E-state index is 0.508. The molecule has 11 rings (SSSR count). The highest BCUT2D eigenvalue weighted by Crippen LogP contribution is 2.38. The molecule has 0 unspecified atom stereocenters. The zero-order valence-corrected chi connectivity index (χ0v) is 29.7. The molecule has 4 aromatic heterocycles. The third-order valence-electron chi connectivity index (χ3n) is 10.00. The maximum atomic E-state index is 6.64. The van der Waals surface area contributed by atoms with Crippen LogP contribution in [0.4, 0.5) is 0 Å². The molecular weight excluding hydrogens is 693 g/mol. The Labute approximate surface area is 319 Å². The summed E-state index contributed by atoms with van der Waals surface area (Å²) in [5, 5.41) is 3.89. The van der Waals surface area contributed by atoms with Gasteiger partial charge < -0.3 is 8.83 Å². The molecule has 56 heavy (non-hydrogen) atoms. The van der Waals surface area contributed by atoms with Gasteiger partial charge in [0.1, 0.15) is 22.3 Å². The number of hydrogen-bond acceptors (Lipinski definition) is 8. The average Bonchev–Trinajstić information content (AvgIpc) is 3.85. The van der Waals surface area contributed by atoms with Gasteiger partial charge in [-0.2, -0.15) is 0 Å². The minimum Gasteiger partial charge on any atom is -0.456 e. The van der Waals surface area contributed by atoms with Gasteiger partial charge in [-0.3, -0.25) is 0 Å². The Morgan fingerprint density at radius 1 is 0.268 bits per heavy atom. The molecule has 8 nitrogen and oxygen atoms in total. The third kappa shape index (κ3) is 5.47. The van der Waals surface area contributed by atoms with Crippen LogP contribution in [0.1, 0.15) is 0 Å². The Morgan fingerprint density at radius 2 is 0.679 bits per heavy atom.